The molecule has 0 saturated carbocycles. The molecule has 0 amide bonds. The lowest BCUT2D eigenvalue weighted by atomic mass is 10.1. The number of hydrogen-bond acceptors (Lipinski definition) is 8. The van der Waals surface area contributed by atoms with Gasteiger partial charge in [0.05, 0.1) is 14.2 Å². The lowest BCUT2D eigenvalue weighted by Crippen LogP contribution is -2.26. The number of carbonyl (C=O) groups excluding carboxylic acids is 2. The van der Waals surface area contributed by atoms with E-state index < -0.39 is 18.6 Å². The SMILES string of the molecule is COc1ccc(C(=O)COC(=O)[C@@H](Cc2ccccc2)n2cnnn2)cc1OC. The quantitative estimate of drug-likeness (QED) is 0.399. The van der Waals surface area contributed by atoms with Gasteiger partial charge in [0.1, 0.15) is 6.33 Å². The van der Waals surface area contributed by atoms with Crippen molar-refractivity contribution in [2.24, 2.45) is 0 Å². The van der Waals surface area contributed by atoms with Gasteiger partial charge in [-0.2, -0.15) is 0 Å². The minimum Gasteiger partial charge on any atom is -0.493 e. The average molecular weight is 396 g/mol. The molecular formula is C20H20N4O5. The zero-order valence-corrected chi connectivity index (χ0v) is 16.0. The van der Waals surface area contributed by atoms with Crippen LogP contribution in [0.25, 0.3) is 0 Å². The smallest absolute Gasteiger partial charge is 0.331 e. The maximum atomic E-state index is 12.7. The number of rotatable bonds is 9. The fourth-order valence-corrected chi connectivity index (χ4v) is 2.76. The Bertz CT molecular complexity index is 960. The van der Waals surface area contributed by atoms with Crippen LogP contribution < -0.4 is 9.47 Å². The molecule has 1 heterocycles. The molecule has 0 aliphatic rings. The van der Waals surface area contributed by atoms with Crippen LogP contribution in [0.3, 0.4) is 0 Å². The van der Waals surface area contributed by atoms with E-state index in [1.807, 2.05) is 30.3 Å². The van der Waals surface area contributed by atoms with Gasteiger partial charge < -0.3 is 14.2 Å². The van der Waals surface area contributed by atoms with Gasteiger partial charge in [-0.15, -0.1) is 5.10 Å². The minimum absolute atomic E-state index is 0.329. The molecular weight excluding hydrogens is 376 g/mol. The first-order valence-electron chi connectivity index (χ1n) is 8.80. The van der Waals surface area contributed by atoms with Gasteiger partial charge in [-0.25, -0.2) is 9.48 Å². The zero-order valence-electron chi connectivity index (χ0n) is 16.0. The second kappa shape index (κ2) is 9.45. The minimum atomic E-state index is -0.786. The summed E-state index contributed by atoms with van der Waals surface area (Å²) in [6.45, 7) is -0.415. The van der Waals surface area contributed by atoms with Crippen LogP contribution in [0.15, 0.2) is 54.9 Å². The van der Waals surface area contributed by atoms with Crippen LogP contribution in [-0.4, -0.2) is 52.8 Å². The first kappa shape index (κ1) is 20.0. The standard InChI is InChI=1S/C20H20N4O5/c1-27-18-9-8-15(11-19(18)28-2)17(25)12-29-20(26)16(24-13-21-22-23-24)10-14-6-4-3-5-7-14/h3-9,11,13,16H,10,12H2,1-2H3/t16-/m1/s1. The maximum Gasteiger partial charge on any atom is 0.331 e. The number of tetrazole rings is 1. The van der Waals surface area contributed by atoms with Gasteiger partial charge in [-0.3, -0.25) is 4.79 Å². The fourth-order valence-electron chi connectivity index (χ4n) is 2.76. The van der Waals surface area contributed by atoms with Crippen molar-refractivity contribution >= 4 is 11.8 Å². The van der Waals surface area contributed by atoms with E-state index in [9.17, 15) is 9.59 Å². The predicted octanol–water partition coefficient (Wildman–Crippen LogP) is 1.90. The van der Waals surface area contributed by atoms with E-state index >= 15 is 0 Å². The number of carbonyl (C=O) groups is 2. The summed E-state index contributed by atoms with van der Waals surface area (Å²) in [6.07, 6.45) is 1.67. The van der Waals surface area contributed by atoms with E-state index in [4.69, 9.17) is 14.2 Å². The van der Waals surface area contributed by atoms with E-state index in [1.165, 1.54) is 31.3 Å². The van der Waals surface area contributed by atoms with Crippen molar-refractivity contribution in [2.45, 2.75) is 12.5 Å². The van der Waals surface area contributed by atoms with Crippen LogP contribution in [0.4, 0.5) is 0 Å². The Kier molecular flexibility index (Phi) is 6.51. The summed E-state index contributed by atoms with van der Waals surface area (Å²) >= 11 is 0. The molecule has 0 fully saturated rings. The Morgan fingerprint density at radius 1 is 1.03 bits per heavy atom. The number of hydrogen-bond donors (Lipinski definition) is 0. The first-order valence-corrected chi connectivity index (χ1v) is 8.80. The molecule has 1 atom stereocenters. The molecule has 0 aliphatic carbocycles. The first-order chi connectivity index (χ1) is 14.1. The highest BCUT2D eigenvalue weighted by molar-refractivity contribution is 5.98. The molecule has 2 aromatic carbocycles. The molecule has 0 radical (unpaired) electrons. The number of benzene rings is 2. The van der Waals surface area contributed by atoms with Crippen LogP contribution >= 0.6 is 0 Å². The number of Topliss-reactive ketones (excluding diaryl/α,β-unsaturated/α-hetero) is 1. The van der Waals surface area contributed by atoms with Crippen molar-refractivity contribution in [1.29, 1.82) is 0 Å². The summed E-state index contributed by atoms with van der Waals surface area (Å²) in [5.74, 6) is -0.0487. The van der Waals surface area contributed by atoms with E-state index in [-0.39, 0.29) is 5.78 Å². The lowest BCUT2D eigenvalue weighted by Gasteiger charge is -2.15. The topological polar surface area (TPSA) is 105 Å². The van der Waals surface area contributed by atoms with Crippen molar-refractivity contribution in [3.63, 3.8) is 0 Å². The van der Waals surface area contributed by atoms with Gasteiger partial charge in [-0.1, -0.05) is 30.3 Å². The van der Waals surface area contributed by atoms with Gasteiger partial charge in [0.25, 0.3) is 0 Å². The fraction of sp³-hybridized carbons (Fsp3) is 0.250. The van der Waals surface area contributed by atoms with Crippen molar-refractivity contribution in [3.05, 3.63) is 66.0 Å². The van der Waals surface area contributed by atoms with Crippen molar-refractivity contribution in [3.8, 4) is 11.5 Å². The molecule has 29 heavy (non-hydrogen) atoms. The Morgan fingerprint density at radius 2 is 1.79 bits per heavy atom. The van der Waals surface area contributed by atoms with Crippen molar-refractivity contribution in [2.75, 3.05) is 20.8 Å². The molecule has 9 heteroatoms. The van der Waals surface area contributed by atoms with Crippen LogP contribution in [-0.2, 0) is 16.0 Å². The normalized spacial score (nSPS) is 11.5. The monoisotopic (exact) mass is 396 g/mol. The van der Waals surface area contributed by atoms with Gasteiger partial charge in [-0.05, 0) is 34.2 Å². The highest BCUT2D eigenvalue weighted by Crippen LogP contribution is 2.27. The highest BCUT2D eigenvalue weighted by Gasteiger charge is 2.25. The predicted molar refractivity (Wildman–Crippen MR) is 102 cm³/mol. The number of aromatic nitrogens is 4. The van der Waals surface area contributed by atoms with Crippen LogP contribution in [0.2, 0.25) is 0 Å². The molecule has 150 valence electrons. The molecule has 0 N–H and O–H groups in total. The molecule has 3 rings (SSSR count). The van der Waals surface area contributed by atoms with Crippen LogP contribution in [0.1, 0.15) is 22.0 Å². The van der Waals surface area contributed by atoms with E-state index in [2.05, 4.69) is 15.5 Å². The third-order valence-corrected chi connectivity index (χ3v) is 4.28. The third kappa shape index (κ3) is 4.95. The van der Waals surface area contributed by atoms with Gasteiger partial charge in [0, 0.05) is 12.0 Å². The third-order valence-electron chi connectivity index (χ3n) is 4.28. The van der Waals surface area contributed by atoms with E-state index in [1.54, 1.807) is 12.1 Å². The van der Waals surface area contributed by atoms with Gasteiger partial charge >= 0.3 is 5.97 Å². The summed E-state index contributed by atoms with van der Waals surface area (Å²) in [5.41, 5.74) is 1.26. The molecule has 1 aromatic heterocycles. The summed E-state index contributed by atoms with van der Waals surface area (Å²) < 4.78 is 16.9. The highest BCUT2D eigenvalue weighted by atomic mass is 16.5. The Hall–Kier alpha value is -3.75. The molecule has 3 aromatic rings. The Labute approximate surface area is 167 Å². The van der Waals surface area contributed by atoms with Crippen molar-refractivity contribution < 1.29 is 23.8 Å². The number of ketones is 1. The van der Waals surface area contributed by atoms with E-state index in [0.717, 1.165) is 5.56 Å². The van der Waals surface area contributed by atoms with Gasteiger partial charge in [0.2, 0.25) is 0 Å². The largest absolute Gasteiger partial charge is 0.493 e. The number of esters is 1. The molecule has 0 unspecified atom stereocenters. The second-order valence-corrected chi connectivity index (χ2v) is 6.10. The molecule has 9 nitrogen and oxygen atoms in total. The number of ether oxygens (including phenoxy) is 3. The van der Waals surface area contributed by atoms with Crippen LogP contribution in [0.5, 0.6) is 11.5 Å². The molecule has 0 bridgehead atoms. The summed E-state index contributed by atoms with van der Waals surface area (Å²) in [7, 11) is 2.99. The molecule has 0 spiro atoms. The van der Waals surface area contributed by atoms with Crippen LogP contribution in [0, 0.1) is 0 Å². The maximum absolute atomic E-state index is 12.7. The zero-order chi connectivity index (χ0) is 20.6. The van der Waals surface area contributed by atoms with Gasteiger partial charge in [0.15, 0.2) is 29.9 Å². The molecule has 0 saturated heterocycles. The summed E-state index contributed by atoms with van der Waals surface area (Å²) in [4.78, 5) is 25.1. The average Bonchev–Trinajstić information content (AvgIpc) is 3.30. The lowest BCUT2D eigenvalue weighted by molar-refractivity contribution is -0.146. The summed E-state index contributed by atoms with van der Waals surface area (Å²) in [5, 5.41) is 11.0. The van der Waals surface area contributed by atoms with Crippen molar-refractivity contribution in [1.82, 2.24) is 20.2 Å². The Balaban J connectivity index is 1.69. The summed E-state index contributed by atoms with van der Waals surface area (Å²) in [6, 6.07) is 13.4. The second-order valence-electron chi connectivity index (χ2n) is 6.10. The number of methoxy groups -OCH3 is 2. The Morgan fingerprint density at radius 3 is 2.45 bits per heavy atom. The van der Waals surface area contributed by atoms with E-state index in [0.29, 0.717) is 23.5 Å². The molecule has 0 aliphatic heterocycles. The number of nitrogens with zero attached hydrogens (tertiary/aromatic N) is 4.